The molecule has 0 aromatic carbocycles. The van der Waals surface area contributed by atoms with Gasteiger partial charge >= 0.3 is 0 Å². The van der Waals surface area contributed by atoms with E-state index in [9.17, 15) is 13.5 Å². The third kappa shape index (κ3) is 1.63. The van der Waals surface area contributed by atoms with Gasteiger partial charge in [-0.1, -0.05) is 0 Å². The van der Waals surface area contributed by atoms with Crippen LogP contribution in [0, 0.1) is 0 Å². The van der Waals surface area contributed by atoms with Crippen LogP contribution in [0.15, 0.2) is 16.8 Å². The zero-order chi connectivity index (χ0) is 9.53. The highest BCUT2D eigenvalue weighted by Crippen LogP contribution is 2.34. The molecule has 0 bridgehead atoms. The molecule has 2 heterocycles. The zero-order valence-electron chi connectivity index (χ0n) is 6.93. The molecule has 1 aromatic heterocycles. The number of rotatable bonds is 1. The van der Waals surface area contributed by atoms with Crippen LogP contribution in [0.3, 0.4) is 0 Å². The van der Waals surface area contributed by atoms with Crippen molar-refractivity contribution in [3.05, 3.63) is 22.4 Å². The van der Waals surface area contributed by atoms with E-state index >= 15 is 0 Å². The van der Waals surface area contributed by atoms with Crippen molar-refractivity contribution in [3.8, 4) is 0 Å². The van der Waals surface area contributed by atoms with Crippen LogP contribution >= 0.6 is 11.3 Å². The summed E-state index contributed by atoms with van der Waals surface area (Å²) in [6.07, 6.45) is 0.325. The van der Waals surface area contributed by atoms with Gasteiger partial charge in [0.15, 0.2) is 9.84 Å². The van der Waals surface area contributed by atoms with Crippen molar-refractivity contribution in [2.45, 2.75) is 12.0 Å². The maximum atomic E-state index is 11.2. The summed E-state index contributed by atoms with van der Waals surface area (Å²) >= 11 is 1.47. The summed E-state index contributed by atoms with van der Waals surface area (Å²) in [5.74, 6) is -0.0317. The fourth-order valence-electron chi connectivity index (χ4n) is 1.59. The Kier molecular flexibility index (Phi) is 1.98. The van der Waals surface area contributed by atoms with Crippen LogP contribution in [0.25, 0.3) is 0 Å². The van der Waals surface area contributed by atoms with Crippen LogP contribution < -0.4 is 0 Å². The van der Waals surface area contributed by atoms with E-state index in [2.05, 4.69) is 0 Å². The highest BCUT2D eigenvalue weighted by molar-refractivity contribution is 7.91. The first-order chi connectivity index (χ1) is 6.02. The Hall–Kier alpha value is -0.390. The summed E-state index contributed by atoms with van der Waals surface area (Å²) in [6.45, 7) is 0. The summed E-state index contributed by atoms with van der Waals surface area (Å²) in [5, 5.41) is 13.7. The van der Waals surface area contributed by atoms with Crippen molar-refractivity contribution in [2.24, 2.45) is 0 Å². The molecule has 1 aromatic rings. The predicted octanol–water partition coefficient (Wildman–Crippen LogP) is 0.754. The Bertz CT molecular complexity index is 393. The average molecular weight is 218 g/mol. The summed E-state index contributed by atoms with van der Waals surface area (Å²) in [7, 11) is -3.03. The minimum absolute atomic E-state index is 0.0966. The van der Waals surface area contributed by atoms with E-state index in [-0.39, 0.29) is 11.5 Å². The first-order valence-corrected chi connectivity index (χ1v) is 6.74. The molecule has 0 amide bonds. The van der Waals surface area contributed by atoms with Crippen molar-refractivity contribution >= 4 is 21.2 Å². The van der Waals surface area contributed by atoms with Gasteiger partial charge in [0.1, 0.15) is 5.60 Å². The molecule has 5 heteroatoms. The van der Waals surface area contributed by atoms with Gasteiger partial charge in [0.05, 0.1) is 11.5 Å². The SMILES string of the molecule is O=S1(=O)CCC(O)(c2ccsc2)C1. The average Bonchev–Trinajstić information content (AvgIpc) is 2.58. The molecule has 0 radical (unpaired) electrons. The molecule has 1 atom stereocenters. The lowest BCUT2D eigenvalue weighted by atomic mass is 9.96. The van der Waals surface area contributed by atoms with E-state index in [1.807, 2.05) is 5.38 Å². The third-order valence-electron chi connectivity index (χ3n) is 2.34. The van der Waals surface area contributed by atoms with Crippen LogP contribution in [-0.4, -0.2) is 25.0 Å². The van der Waals surface area contributed by atoms with Crippen molar-refractivity contribution in [2.75, 3.05) is 11.5 Å². The molecule has 1 unspecified atom stereocenters. The summed E-state index contributed by atoms with van der Waals surface area (Å²) in [6, 6.07) is 1.78. The predicted molar refractivity (Wildman–Crippen MR) is 51.5 cm³/mol. The minimum atomic E-state index is -3.03. The highest BCUT2D eigenvalue weighted by atomic mass is 32.2. The van der Waals surface area contributed by atoms with Crippen molar-refractivity contribution < 1.29 is 13.5 Å². The van der Waals surface area contributed by atoms with Gasteiger partial charge in [0.25, 0.3) is 0 Å². The van der Waals surface area contributed by atoms with E-state index < -0.39 is 15.4 Å². The second-order valence-electron chi connectivity index (χ2n) is 3.39. The van der Waals surface area contributed by atoms with Gasteiger partial charge in [-0.15, -0.1) is 0 Å². The Morgan fingerprint density at radius 2 is 2.31 bits per heavy atom. The lowest BCUT2D eigenvalue weighted by Gasteiger charge is -2.18. The topological polar surface area (TPSA) is 54.4 Å². The largest absolute Gasteiger partial charge is 0.384 e. The van der Waals surface area contributed by atoms with Crippen molar-refractivity contribution in [1.82, 2.24) is 0 Å². The molecule has 72 valence electrons. The van der Waals surface area contributed by atoms with E-state index in [4.69, 9.17) is 0 Å². The number of hydrogen-bond donors (Lipinski definition) is 1. The lowest BCUT2D eigenvalue weighted by Crippen LogP contribution is -2.26. The Labute approximate surface area is 80.9 Å². The first-order valence-electron chi connectivity index (χ1n) is 3.97. The number of hydrogen-bond acceptors (Lipinski definition) is 4. The molecule has 1 aliphatic heterocycles. The van der Waals surface area contributed by atoms with Crippen LogP contribution in [0.2, 0.25) is 0 Å². The molecule has 1 saturated heterocycles. The van der Waals surface area contributed by atoms with Gasteiger partial charge in [-0.05, 0) is 28.8 Å². The van der Waals surface area contributed by atoms with Crippen LogP contribution in [0.1, 0.15) is 12.0 Å². The zero-order valence-corrected chi connectivity index (χ0v) is 8.57. The Morgan fingerprint density at radius 3 is 2.77 bits per heavy atom. The molecule has 13 heavy (non-hydrogen) atoms. The van der Waals surface area contributed by atoms with Gasteiger partial charge in [0.2, 0.25) is 0 Å². The van der Waals surface area contributed by atoms with Gasteiger partial charge in [0, 0.05) is 0 Å². The number of aliphatic hydroxyl groups is 1. The van der Waals surface area contributed by atoms with Crippen molar-refractivity contribution in [3.63, 3.8) is 0 Å². The van der Waals surface area contributed by atoms with Crippen molar-refractivity contribution in [1.29, 1.82) is 0 Å². The second-order valence-corrected chi connectivity index (χ2v) is 6.35. The molecular weight excluding hydrogens is 208 g/mol. The van der Waals surface area contributed by atoms with Gasteiger partial charge in [-0.25, -0.2) is 8.42 Å². The Balaban J connectivity index is 2.35. The maximum absolute atomic E-state index is 11.2. The van der Waals surface area contributed by atoms with E-state index in [1.165, 1.54) is 11.3 Å². The molecule has 0 spiro atoms. The fourth-order valence-corrected chi connectivity index (χ4v) is 4.17. The quantitative estimate of drug-likeness (QED) is 0.757. The first kappa shape index (κ1) is 9.18. The highest BCUT2D eigenvalue weighted by Gasteiger charge is 2.41. The third-order valence-corrected chi connectivity index (χ3v) is 4.77. The molecular formula is C8H10O3S2. The molecule has 3 nitrogen and oxygen atoms in total. The lowest BCUT2D eigenvalue weighted by molar-refractivity contribution is 0.0657. The minimum Gasteiger partial charge on any atom is -0.384 e. The molecule has 0 saturated carbocycles. The summed E-state index contributed by atoms with van der Waals surface area (Å²) in [4.78, 5) is 0. The van der Waals surface area contributed by atoms with Gasteiger partial charge in [-0.3, -0.25) is 0 Å². The second kappa shape index (κ2) is 2.80. The maximum Gasteiger partial charge on any atom is 0.153 e. The molecule has 1 fully saturated rings. The fraction of sp³-hybridized carbons (Fsp3) is 0.500. The molecule has 1 N–H and O–H groups in total. The smallest absolute Gasteiger partial charge is 0.153 e. The van der Waals surface area contributed by atoms with Crippen LogP contribution in [0.5, 0.6) is 0 Å². The van der Waals surface area contributed by atoms with Gasteiger partial charge in [-0.2, -0.15) is 11.3 Å². The molecule has 2 rings (SSSR count). The van der Waals surface area contributed by atoms with Crippen LogP contribution in [-0.2, 0) is 15.4 Å². The monoisotopic (exact) mass is 218 g/mol. The summed E-state index contributed by atoms with van der Waals surface area (Å²) in [5.41, 5.74) is -0.391. The van der Waals surface area contributed by atoms with E-state index in [0.29, 0.717) is 6.42 Å². The Morgan fingerprint density at radius 1 is 1.54 bits per heavy atom. The molecule has 0 aliphatic carbocycles. The number of thiophene rings is 1. The van der Waals surface area contributed by atoms with E-state index in [0.717, 1.165) is 5.56 Å². The van der Waals surface area contributed by atoms with E-state index in [1.54, 1.807) is 11.4 Å². The van der Waals surface area contributed by atoms with Gasteiger partial charge < -0.3 is 5.11 Å². The standard InChI is InChI=1S/C8H10O3S2/c9-8(7-1-3-12-5-7)2-4-13(10,11)6-8/h1,3,5,9H,2,4,6H2. The molecule has 1 aliphatic rings. The summed E-state index contributed by atoms with van der Waals surface area (Å²) < 4.78 is 22.4. The number of sulfone groups is 1. The normalized spacial score (nSPS) is 32.1. The van der Waals surface area contributed by atoms with Crippen LogP contribution in [0.4, 0.5) is 0 Å².